The average molecular weight is 203 g/mol. The minimum atomic E-state index is 0.187. The molecule has 2 rings (SSSR count). The lowest BCUT2D eigenvalue weighted by Gasteiger charge is -2.25. The zero-order chi connectivity index (χ0) is 11.0. The zero-order valence-electron chi connectivity index (χ0n) is 9.20. The SMILES string of the molecule is C=CC1=C(C=C)CC2C(=O)N(C)CC2C1. The van der Waals surface area contributed by atoms with Crippen LogP contribution < -0.4 is 0 Å². The van der Waals surface area contributed by atoms with Crippen LogP contribution in [0.15, 0.2) is 36.5 Å². The number of amides is 1. The molecule has 1 fully saturated rings. The monoisotopic (exact) mass is 203 g/mol. The van der Waals surface area contributed by atoms with Gasteiger partial charge in [-0.3, -0.25) is 4.79 Å². The van der Waals surface area contributed by atoms with E-state index in [-0.39, 0.29) is 5.92 Å². The third-order valence-electron chi connectivity index (χ3n) is 3.60. The summed E-state index contributed by atoms with van der Waals surface area (Å²) in [6.45, 7) is 8.53. The van der Waals surface area contributed by atoms with Gasteiger partial charge in [-0.15, -0.1) is 0 Å². The molecule has 1 amide bonds. The standard InChI is InChI=1S/C13H17NO/c1-4-9-6-11-8-14(3)13(15)12(11)7-10(9)5-2/h4-5,11-12H,1-2,6-8H2,3H3. The fourth-order valence-corrected chi connectivity index (χ4v) is 2.72. The van der Waals surface area contributed by atoms with Gasteiger partial charge in [-0.1, -0.05) is 25.3 Å². The van der Waals surface area contributed by atoms with Crippen LogP contribution in [0.2, 0.25) is 0 Å². The molecule has 0 bridgehead atoms. The van der Waals surface area contributed by atoms with Crippen LogP contribution in [0.4, 0.5) is 0 Å². The van der Waals surface area contributed by atoms with E-state index in [4.69, 9.17) is 0 Å². The van der Waals surface area contributed by atoms with E-state index in [0.29, 0.717) is 11.8 Å². The normalized spacial score (nSPS) is 30.5. The number of likely N-dealkylation sites (tertiary alicyclic amines) is 1. The van der Waals surface area contributed by atoms with E-state index in [9.17, 15) is 4.79 Å². The summed E-state index contributed by atoms with van der Waals surface area (Å²) in [6.07, 6.45) is 5.61. The second-order valence-electron chi connectivity index (χ2n) is 4.45. The first kappa shape index (κ1) is 10.2. The topological polar surface area (TPSA) is 20.3 Å². The van der Waals surface area contributed by atoms with Crippen LogP contribution in [0.1, 0.15) is 12.8 Å². The van der Waals surface area contributed by atoms with Gasteiger partial charge in [0.25, 0.3) is 0 Å². The van der Waals surface area contributed by atoms with Gasteiger partial charge in [-0.25, -0.2) is 0 Å². The van der Waals surface area contributed by atoms with Gasteiger partial charge >= 0.3 is 0 Å². The summed E-state index contributed by atoms with van der Waals surface area (Å²) in [5, 5.41) is 0. The van der Waals surface area contributed by atoms with Gasteiger partial charge in [-0.2, -0.15) is 0 Å². The Labute approximate surface area is 91.0 Å². The zero-order valence-corrected chi connectivity index (χ0v) is 9.20. The van der Waals surface area contributed by atoms with E-state index in [1.54, 1.807) is 0 Å². The van der Waals surface area contributed by atoms with Gasteiger partial charge in [0, 0.05) is 19.5 Å². The molecule has 1 aliphatic carbocycles. The van der Waals surface area contributed by atoms with Gasteiger partial charge < -0.3 is 4.90 Å². The van der Waals surface area contributed by atoms with E-state index in [0.717, 1.165) is 19.4 Å². The lowest BCUT2D eigenvalue weighted by molar-refractivity contribution is -0.130. The Hall–Kier alpha value is -1.31. The third kappa shape index (κ3) is 1.54. The minimum absolute atomic E-state index is 0.187. The van der Waals surface area contributed by atoms with Gasteiger partial charge in [0.1, 0.15) is 0 Å². The predicted molar refractivity (Wildman–Crippen MR) is 61.3 cm³/mol. The Balaban J connectivity index is 2.28. The number of carbonyl (C=O) groups excluding carboxylic acids is 1. The van der Waals surface area contributed by atoms with Crippen LogP contribution in [0.3, 0.4) is 0 Å². The molecule has 1 heterocycles. The van der Waals surface area contributed by atoms with Gasteiger partial charge in [-0.05, 0) is 29.9 Å². The average Bonchev–Trinajstić information content (AvgIpc) is 2.53. The van der Waals surface area contributed by atoms with Crippen molar-refractivity contribution in [1.82, 2.24) is 4.90 Å². The number of rotatable bonds is 2. The second-order valence-corrected chi connectivity index (χ2v) is 4.45. The highest BCUT2D eigenvalue weighted by Crippen LogP contribution is 2.40. The summed E-state index contributed by atoms with van der Waals surface area (Å²) in [5.41, 5.74) is 2.48. The van der Waals surface area contributed by atoms with Crippen LogP contribution in [-0.4, -0.2) is 24.4 Å². The van der Waals surface area contributed by atoms with Crippen molar-refractivity contribution in [3.05, 3.63) is 36.5 Å². The van der Waals surface area contributed by atoms with Gasteiger partial charge in [0.15, 0.2) is 0 Å². The Kier molecular flexibility index (Phi) is 2.51. The molecule has 0 aromatic heterocycles. The highest BCUT2D eigenvalue weighted by atomic mass is 16.2. The van der Waals surface area contributed by atoms with Gasteiger partial charge in [0.05, 0.1) is 0 Å². The van der Waals surface area contributed by atoms with Crippen molar-refractivity contribution < 1.29 is 4.79 Å². The van der Waals surface area contributed by atoms with Crippen molar-refractivity contribution in [2.75, 3.05) is 13.6 Å². The van der Waals surface area contributed by atoms with E-state index in [1.165, 1.54) is 11.1 Å². The Bertz CT molecular complexity index is 354. The maximum absolute atomic E-state index is 11.8. The summed E-state index contributed by atoms with van der Waals surface area (Å²) in [4.78, 5) is 13.7. The molecular weight excluding hydrogens is 186 g/mol. The molecule has 2 unspecified atom stereocenters. The lowest BCUT2D eigenvalue weighted by atomic mass is 9.77. The van der Waals surface area contributed by atoms with Crippen molar-refractivity contribution >= 4 is 5.91 Å². The van der Waals surface area contributed by atoms with Crippen LogP contribution in [0.5, 0.6) is 0 Å². The largest absolute Gasteiger partial charge is 0.345 e. The van der Waals surface area contributed by atoms with Crippen molar-refractivity contribution in [3.8, 4) is 0 Å². The molecule has 0 saturated carbocycles. The first-order valence-electron chi connectivity index (χ1n) is 5.39. The first-order chi connectivity index (χ1) is 7.17. The Morgan fingerprint density at radius 3 is 2.47 bits per heavy atom. The summed E-state index contributed by atoms with van der Waals surface area (Å²) >= 11 is 0. The molecule has 2 nitrogen and oxygen atoms in total. The highest BCUT2D eigenvalue weighted by molar-refractivity contribution is 5.82. The number of fused-ring (bicyclic) bond motifs is 1. The molecule has 0 radical (unpaired) electrons. The fourth-order valence-electron chi connectivity index (χ4n) is 2.72. The van der Waals surface area contributed by atoms with Crippen LogP contribution in [0, 0.1) is 11.8 Å². The smallest absolute Gasteiger partial charge is 0.226 e. The molecule has 2 aliphatic rings. The van der Waals surface area contributed by atoms with Crippen molar-refractivity contribution in [2.45, 2.75) is 12.8 Å². The lowest BCUT2D eigenvalue weighted by Crippen LogP contribution is -2.24. The molecule has 2 heteroatoms. The highest BCUT2D eigenvalue weighted by Gasteiger charge is 2.41. The maximum atomic E-state index is 11.8. The van der Waals surface area contributed by atoms with E-state index in [2.05, 4.69) is 13.2 Å². The molecule has 15 heavy (non-hydrogen) atoms. The van der Waals surface area contributed by atoms with Gasteiger partial charge in [0.2, 0.25) is 5.91 Å². The van der Waals surface area contributed by atoms with E-state index >= 15 is 0 Å². The number of hydrogen-bond acceptors (Lipinski definition) is 1. The first-order valence-corrected chi connectivity index (χ1v) is 5.39. The summed E-state index contributed by atoms with van der Waals surface area (Å²) in [7, 11) is 1.89. The quantitative estimate of drug-likeness (QED) is 0.673. The van der Waals surface area contributed by atoms with E-state index < -0.39 is 0 Å². The van der Waals surface area contributed by atoms with Crippen molar-refractivity contribution in [2.24, 2.45) is 11.8 Å². The number of nitrogens with zero attached hydrogens (tertiary/aromatic N) is 1. The predicted octanol–water partition coefficient (Wildman–Crippen LogP) is 2.15. The molecule has 0 aromatic carbocycles. The van der Waals surface area contributed by atoms with Crippen molar-refractivity contribution in [3.63, 3.8) is 0 Å². The Morgan fingerprint density at radius 2 is 1.87 bits per heavy atom. The number of hydrogen-bond donors (Lipinski definition) is 0. The molecule has 0 N–H and O–H groups in total. The Morgan fingerprint density at radius 1 is 1.27 bits per heavy atom. The van der Waals surface area contributed by atoms with Crippen LogP contribution in [0.25, 0.3) is 0 Å². The summed E-state index contributed by atoms with van der Waals surface area (Å²) in [6, 6.07) is 0. The molecule has 1 saturated heterocycles. The third-order valence-corrected chi connectivity index (χ3v) is 3.60. The summed E-state index contributed by atoms with van der Waals surface area (Å²) in [5.74, 6) is 0.966. The molecule has 1 aliphatic heterocycles. The van der Waals surface area contributed by atoms with Crippen molar-refractivity contribution in [1.29, 1.82) is 0 Å². The van der Waals surface area contributed by atoms with Crippen LogP contribution in [-0.2, 0) is 4.79 Å². The molecule has 0 aromatic rings. The van der Waals surface area contributed by atoms with Crippen LogP contribution >= 0.6 is 0 Å². The molecule has 0 spiro atoms. The fraction of sp³-hybridized carbons (Fsp3) is 0.462. The second kappa shape index (κ2) is 3.69. The molecule has 2 atom stereocenters. The summed E-state index contributed by atoms with van der Waals surface area (Å²) < 4.78 is 0. The van der Waals surface area contributed by atoms with E-state index in [1.807, 2.05) is 24.1 Å². The minimum Gasteiger partial charge on any atom is -0.345 e. The number of allylic oxidation sites excluding steroid dienone is 4. The molecular formula is C13H17NO. The maximum Gasteiger partial charge on any atom is 0.226 e. The number of carbonyl (C=O) groups is 1. The molecule has 80 valence electrons.